The van der Waals surface area contributed by atoms with Crippen LogP contribution in [-0.2, 0) is 12.1 Å². The third-order valence-electron chi connectivity index (χ3n) is 4.09. The Morgan fingerprint density at radius 3 is 2.61 bits per heavy atom. The van der Waals surface area contributed by atoms with Gasteiger partial charge in [0.15, 0.2) is 0 Å². The molecule has 23 heavy (non-hydrogen) atoms. The van der Waals surface area contributed by atoms with Crippen molar-refractivity contribution in [2.45, 2.75) is 25.0 Å². The maximum Gasteiger partial charge on any atom is 0.315 e. The molecule has 1 aromatic carbocycles. The van der Waals surface area contributed by atoms with Gasteiger partial charge in [0.2, 0.25) is 0 Å². The quantitative estimate of drug-likeness (QED) is 0.760. The van der Waals surface area contributed by atoms with Crippen molar-refractivity contribution >= 4 is 17.6 Å². The zero-order valence-corrected chi connectivity index (χ0v) is 13.3. The standard InChI is InChI=1S/C17H19ClN2O3/c18-14-7-3-12(4-8-14)10-19-16(21)20-11-17(22,13-5-6-13)15-2-1-9-23-15/h1-4,7-9,13,22H,5-6,10-11H2,(H2,19,20,21). The first-order valence-electron chi connectivity index (χ1n) is 7.60. The largest absolute Gasteiger partial charge is 0.466 e. The topological polar surface area (TPSA) is 74.5 Å². The van der Waals surface area contributed by atoms with Crippen molar-refractivity contribution in [1.82, 2.24) is 10.6 Å². The van der Waals surface area contributed by atoms with Gasteiger partial charge in [0.25, 0.3) is 0 Å². The van der Waals surface area contributed by atoms with Gasteiger partial charge in [-0.2, -0.15) is 0 Å². The molecule has 0 radical (unpaired) electrons. The molecule has 0 saturated heterocycles. The molecule has 1 fully saturated rings. The number of aliphatic hydroxyl groups is 1. The minimum Gasteiger partial charge on any atom is -0.466 e. The second-order valence-corrected chi connectivity index (χ2v) is 6.27. The van der Waals surface area contributed by atoms with E-state index in [2.05, 4.69) is 10.6 Å². The highest BCUT2D eigenvalue weighted by molar-refractivity contribution is 6.30. The number of carbonyl (C=O) groups excluding carboxylic acids is 1. The Kier molecular flexibility index (Phi) is 4.59. The predicted octanol–water partition coefficient (Wildman–Crippen LogP) is 3.03. The van der Waals surface area contributed by atoms with E-state index in [1.165, 1.54) is 6.26 Å². The van der Waals surface area contributed by atoms with E-state index in [0.29, 0.717) is 17.3 Å². The molecule has 1 saturated carbocycles. The monoisotopic (exact) mass is 334 g/mol. The van der Waals surface area contributed by atoms with Gasteiger partial charge in [0.05, 0.1) is 12.8 Å². The fourth-order valence-electron chi connectivity index (χ4n) is 2.58. The van der Waals surface area contributed by atoms with Crippen molar-refractivity contribution in [3.05, 3.63) is 59.0 Å². The zero-order valence-electron chi connectivity index (χ0n) is 12.6. The summed E-state index contributed by atoms with van der Waals surface area (Å²) in [6.07, 6.45) is 3.40. The molecular formula is C17H19ClN2O3. The van der Waals surface area contributed by atoms with Crippen LogP contribution in [0.5, 0.6) is 0 Å². The lowest BCUT2D eigenvalue weighted by atomic mass is 9.94. The minimum absolute atomic E-state index is 0.123. The summed E-state index contributed by atoms with van der Waals surface area (Å²) in [5.41, 5.74) is -0.186. The molecule has 1 aliphatic carbocycles. The predicted molar refractivity (Wildman–Crippen MR) is 87.0 cm³/mol. The lowest BCUT2D eigenvalue weighted by Crippen LogP contribution is -2.45. The highest BCUT2D eigenvalue weighted by atomic mass is 35.5. The van der Waals surface area contributed by atoms with Crippen molar-refractivity contribution in [3.8, 4) is 0 Å². The van der Waals surface area contributed by atoms with Crippen LogP contribution >= 0.6 is 11.6 Å². The van der Waals surface area contributed by atoms with Crippen LogP contribution in [0.25, 0.3) is 0 Å². The average Bonchev–Trinajstić information content (AvgIpc) is 3.27. The Bertz CT molecular complexity index is 653. The maximum atomic E-state index is 12.0. The van der Waals surface area contributed by atoms with Crippen LogP contribution in [0.3, 0.4) is 0 Å². The van der Waals surface area contributed by atoms with Crippen LogP contribution < -0.4 is 10.6 Å². The smallest absolute Gasteiger partial charge is 0.315 e. The molecule has 0 bridgehead atoms. The molecule has 3 N–H and O–H groups in total. The van der Waals surface area contributed by atoms with Crippen molar-refractivity contribution in [1.29, 1.82) is 0 Å². The van der Waals surface area contributed by atoms with Crippen LogP contribution in [-0.4, -0.2) is 17.7 Å². The number of urea groups is 1. The summed E-state index contributed by atoms with van der Waals surface area (Å²) in [6.45, 7) is 0.517. The first-order valence-corrected chi connectivity index (χ1v) is 7.98. The van der Waals surface area contributed by atoms with E-state index in [0.717, 1.165) is 18.4 Å². The fourth-order valence-corrected chi connectivity index (χ4v) is 2.71. The van der Waals surface area contributed by atoms with E-state index in [1.807, 2.05) is 12.1 Å². The van der Waals surface area contributed by atoms with Crippen molar-refractivity contribution in [3.63, 3.8) is 0 Å². The average molecular weight is 335 g/mol. The van der Waals surface area contributed by atoms with E-state index >= 15 is 0 Å². The Balaban J connectivity index is 1.52. The Hall–Kier alpha value is -1.98. The maximum absolute atomic E-state index is 12.0. The van der Waals surface area contributed by atoms with E-state index < -0.39 is 5.60 Å². The molecule has 2 aromatic rings. The number of halogens is 1. The number of nitrogens with one attached hydrogen (secondary N) is 2. The summed E-state index contributed by atoms with van der Waals surface area (Å²) in [7, 11) is 0. The molecule has 1 atom stereocenters. The molecular weight excluding hydrogens is 316 g/mol. The van der Waals surface area contributed by atoms with Gasteiger partial charge in [0, 0.05) is 11.6 Å². The van der Waals surface area contributed by atoms with Gasteiger partial charge in [-0.3, -0.25) is 0 Å². The molecule has 3 rings (SSSR count). The lowest BCUT2D eigenvalue weighted by Gasteiger charge is -2.26. The molecule has 6 heteroatoms. The number of carbonyl (C=O) groups is 1. The first kappa shape index (κ1) is 15.9. The zero-order chi connectivity index (χ0) is 16.3. The first-order chi connectivity index (χ1) is 11.1. The van der Waals surface area contributed by atoms with Crippen LogP contribution in [0.2, 0.25) is 5.02 Å². The molecule has 5 nitrogen and oxygen atoms in total. The van der Waals surface area contributed by atoms with Gasteiger partial charge in [0.1, 0.15) is 11.4 Å². The Morgan fingerprint density at radius 1 is 1.26 bits per heavy atom. The second kappa shape index (κ2) is 6.64. The van der Waals surface area contributed by atoms with Gasteiger partial charge in [-0.15, -0.1) is 0 Å². The molecule has 0 aliphatic heterocycles. The number of benzene rings is 1. The van der Waals surface area contributed by atoms with Gasteiger partial charge in [-0.25, -0.2) is 4.79 Å². The number of hydrogen-bond donors (Lipinski definition) is 3. The molecule has 122 valence electrons. The van der Waals surface area contributed by atoms with Gasteiger partial charge >= 0.3 is 6.03 Å². The van der Waals surface area contributed by atoms with Crippen LogP contribution in [0.15, 0.2) is 47.1 Å². The van der Waals surface area contributed by atoms with E-state index in [4.69, 9.17) is 16.0 Å². The SMILES string of the molecule is O=C(NCc1ccc(Cl)cc1)NCC(O)(c1ccco1)C1CC1. The van der Waals surface area contributed by atoms with Crippen molar-refractivity contribution in [2.75, 3.05) is 6.54 Å². The molecule has 1 aromatic heterocycles. The van der Waals surface area contributed by atoms with Crippen LogP contribution in [0.4, 0.5) is 4.79 Å². The van der Waals surface area contributed by atoms with E-state index in [1.54, 1.807) is 24.3 Å². The summed E-state index contributed by atoms with van der Waals surface area (Å²) in [5.74, 6) is 0.628. The van der Waals surface area contributed by atoms with E-state index in [-0.39, 0.29) is 18.5 Å². The minimum atomic E-state index is -1.14. The molecule has 1 aliphatic rings. The Morgan fingerprint density at radius 2 is 2.00 bits per heavy atom. The highest BCUT2D eigenvalue weighted by Gasteiger charge is 2.47. The normalized spacial score (nSPS) is 16.6. The summed E-state index contributed by atoms with van der Waals surface area (Å²) in [6, 6.07) is 10.4. The van der Waals surface area contributed by atoms with Gasteiger partial charge in [-0.05, 0) is 48.6 Å². The van der Waals surface area contributed by atoms with Crippen LogP contribution in [0.1, 0.15) is 24.2 Å². The third kappa shape index (κ3) is 3.86. The Labute approximate surface area is 139 Å². The lowest BCUT2D eigenvalue weighted by molar-refractivity contribution is -0.00449. The third-order valence-corrected chi connectivity index (χ3v) is 4.34. The van der Waals surface area contributed by atoms with Gasteiger partial charge in [-0.1, -0.05) is 23.7 Å². The van der Waals surface area contributed by atoms with Crippen molar-refractivity contribution in [2.24, 2.45) is 5.92 Å². The van der Waals surface area contributed by atoms with E-state index in [9.17, 15) is 9.90 Å². The van der Waals surface area contributed by atoms with Crippen LogP contribution in [0, 0.1) is 5.92 Å². The summed E-state index contributed by atoms with van der Waals surface area (Å²) < 4.78 is 5.34. The van der Waals surface area contributed by atoms with Gasteiger partial charge < -0.3 is 20.2 Å². The summed E-state index contributed by atoms with van der Waals surface area (Å²) in [4.78, 5) is 12.0. The summed E-state index contributed by atoms with van der Waals surface area (Å²) in [5, 5.41) is 17.0. The summed E-state index contributed by atoms with van der Waals surface area (Å²) >= 11 is 5.82. The number of rotatable bonds is 6. The number of amides is 2. The molecule has 2 amide bonds. The molecule has 0 spiro atoms. The van der Waals surface area contributed by atoms with Crippen molar-refractivity contribution < 1.29 is 14.3 Å². The highest BCUT2D eigenvalue weighted by Crippen LogP contribution is 2.45. The number of furan rings is 1. The second-order valence-electron chi connectivity index (χ2n) is 5.84. The molecule has 1 unspecified atom stereocenters. The fraction of sp³-hybridized carbons (Fsp3) is 0.353. The molecule has 1 heterocycles. The number of hydrogen-bond acceptors (Lipinski definition) is 3.